The van der Waals surface area contributed by atoms with Gasteiger partial charge in [0.1, 0.15) is 0 Å². The molecule has 0 aromatic heterocycles. The van der Waals surface area contributed by atoms with Crippen LogP contribution in [-0.4, -0.2) is 6.18 Å². The van der Waals surface area contributed by atoms with E-state index in [9.17, 15) is 13.2 Å². The number of rotatable bonds is 2. The Balaban J connectivity index is 2.17. The summed E-state index contributed by atoms with van der Waals surface area (Å²) in [5.41, 5.74) is 3.23. The molecule has 1 aliphatic carbocycles. The van der Waals surface area contributed by atoms with Crippen molar-refractivity contribution in [3.63, 3.8) is 0 Å². The molecule has 1 radical (unpaired) electrons. The smallest absolute Gasteiger partial charge is 0.166 e. The Bertz CT molecular complexity index is 788. The third-order valence-corrected chi connectivity index (χ3v) is 4.19. The van der Waals surface area contributed by atoms with Crippen LogP contribution < -0.4 is 0 Å². The average Bonchev–Trinajstić information content (AvgIpc) is 2.55. The van der Waals surface area contributed by atoms with Crippen LogP contribution in [0.4, 0.5) is 13.2 Å². The van der Waals surface area contributed by atoms with E-state index in [1.165, 1.54) is 0 Å². The molecule has 1 aliphatic rings. The molecule has 0 fully saturated rings. The summed E-state index contributed by atoms with van der Waals surface area (Å²) < 4.78 is 41.6. The second kappa shape index (κ2) is 6.31. The zero-order chi connectivity index (χ0) is 17.3. The third kappa shape index (κ3) is 3.30. The molecule has 0 amide bonds. The maximum absolute atomic E-state index is 13.9. The van der Waals surface area contributed by atoms with Crippen molar-refractivity contribution in [1.29, 1.82) is 0 Å². The maximum Gasteiger partial charge on any atom is 0.417 e. The second-order valence-corrected chi connectivity index (χ2v) is 6.08. The van der Waals surface area contributed by atoms with Crippen molar-refractivity contribution in [1.82, 2.24) is 0 Å². The van der Waals surface area contributed by atoms with E-state index in [1.54, 1.807) is 36.8 Å². The first-order chi connectivity index (χ1) is 11.4. The molecule has 2 aromatic rings. The van der Waals surface area contributed by atoms with Crippen molar-refractivity contribution >= 4 is 11.1 Å². The summed E-state index contributed by atoms with van der Waals surface area (Å²) in [6, 6.07) is 14.4. The molecule has 2 aromatic carbocycles. The zero-order valence-electron chi connectivity index (χ0n) is 13.6. The number of hydrogen-bond acceptors (Lipinski definition) is 0. The van der Waals surface area contributed by atoms with Crippen molar-refractivity contribution in [2.75, 3.05) is 0 Å². The molecule has 0 N–H and O–H groups in total. The van der Waals surface area contributed by atoms with Gasteiger partial charge in [-0.1, -0.05) is 65.7 Å². The molecule has 24 heavy (non-hydrogen) atoms. The first kappa shape index (κ1) is 16.6. The van der Waals surface area contributed by atoms with Gasteiger partial charge < -0.3 is 0 Å². The van der Waals surface area contributed by atoms with E-state index in [1.807, 2.05) is 38.1 Å². The van der Waals surface area contributed by atoms with Crippen molar-refractivity contribution < 1.29 is 13.2 Å². The van der Waals surface area contributed by atoms with Gasteiger partial charge in [-0.2, -0.15) is 13.2 Å². The summed E-state index contributed by atoms with van der Waals surface area (Å²) in [4.78, 5) is 0. The second-order valence-electron chi connectivity index (χ2n) is 6.08. The third-order valence-electron chi connectivity index (χ3n) is 4.19. The quantitative estimate of drug-likeness (QED) is 0.606. The van der Waals surface area contributed by atoms with E-state index in [-0.39, 0.29) is 11.1 Å². The molecule has 0 unspecified atom stereocenters. The molecule has 0 atom stereocenters. The highest BCUT2D eigenvalue weighted by Gasteiger charge is 2.40. The van der Waals surface area contributed by atoms with Crippen LogP contribution in [0.3, 0.4) is 0 Å². The molecule has 123 valence electrons. The van der Waals surface area contributed by atoms with Crippen LogP contribution in [-0.2, 0) is 0 Å². The Hall–Kier alpha value is -2.29. The molecule has 3 heteroatoms. The van der Waals surface area contributed by atoms with Gasteiger partial charge in [0.2, 0.25) is 0 Å². The topological polar surface area (TPSA) is 0 Å². The highest BCUT2D eigenvalue weighted by atomic mass is 19.4. The normalized spacial score (nSPS) is 15.5. The van der Waals surface area contributed by atoms with Gasteiger partial charge in [-0.25, -0.2) is 0 Å². The van der Waals surface area contributed by atoms with Crippen LogP contribution in [0.15, 0.2) is 60.2 Å². The molecule has 0 saturated heterocycles. The van der Waals surface area contributed by atoms with Crippen LogP contribution in [0.25, 0.3) is 11.1 Å². The highest BCUT2D eigenvalue weighted by molar-refractivity contribution is 5.95. The fourth-order valence-electron chi connectivity index (χ4n) is 2.94. The molecule has 0 spiro atoms. The molecule has 0 heterocycles. The van der Waals surface area contributed by atoms with Gasteiger partial charge in [-0.3, -0.25) is 0 Å². The lowest BCUT2D eigenvalue weighted by atomic mass is 9.83. The SMILES string of the molecule is Cc1ccc(C2=CC[CH]C(c3ccc(C)cc3)=C2C(F)(F)F)cc1. The monoisotopic (exact) mass is 327 g/mol. The maximum atomic E-state index is 13.9. The lowest BCUT2D eigenvalue weighted by Gasteiger charge is -2.24. The van der Waals surface area contributed by atoms with Crippen LogP contribution in [0.2, 0.25) is 0 Å². The number of allylic oxidation sites excluding steroid dienone is 4. The first-order valence-corrected chi connectivity index (χ1v) is 7.85. The number of aryl methyl sites for hydroxylation is 2. The Morgan fingerprint density at radius 3 is 1.75 bits per heavy atom. The lowest BCUT2D eigenvalue weighted by Crippen LogP contribution is -2.18. The van der Waals surface area contributed by atoms with Gasteiger partial charge in [0, 0.05) is 0 Å². The van der Waals surface area contributed by atoms with Crippen LogP contribution >= 0.6 is 0 Å². The van der Waals surface area contributed by atoms with Crippen molar-refractivity contribution in [3.05, 3.63) is 88.9 Å². The Morgan fingerprint density at radius 1 is 0.750 bits per heavy atom. The van der Waals surface area contributed by atoms with E-state index in [0.29, 0.717) is 17.5 Å². The van der Waals surface area contributed by atoms with Gasteiger partial charge in [-0.15, -0.1) is 0 Å². The van der Waals surface area contributed by atoms with Crippen molar-refractivity contribution in [2.45, 2.75) is 26.4 Å². The number of halogens is 3. The highest BCUT2D eigenvalue weighted by Crippen LogP contribution is 2.45. The van der Waals surface area contributed by atoms with Crippen LogP contribution in [0.5, 0.6) is 0 Å². The molecular weight excluding hydrogens is 309 g/mol. The molecule has 0 saturated carbocycles. The Morgan fingerprint density at radius 2 is 1.25 bits per heavy atom. The van der Waals surface area contributed by atoms with Crippen molar-refractivity contribution in [2.24, 2.45) is 0 Å². The summed E-state index contributed by atoms with van der Waals surface area (Å²) in [7, 11) is 0. The van der Waals surface area contributed by atoms with Gasteiger partial charge in [-0.05, 0) is 49.0 Å². The minimum absolute atomic E-state index is 0.264. The Labute approximate surface area is 140 Å². The molecular formula is C21H18F3. The summed E-state index contributed by atoms with van der Waals surface area (Å²) >= 11 is 0. The van der Waals surface area contributed by atoms with Gasteiger partial charge in [0.15, 0.2) is 0 Å². The minimum atomic E-state index is -4.41. The fourth-order valence-corrected chi connectivity index (χ4v) is 2.94. The predicted molar refractivity (Wildman–Crippen MR) is 92.2 cm³/mol. The largest absolute Gasteiger partial charge is 0.417 e. The molecule has 0 nitrogen and oxygen atoms in total. The van der Waals surface area contributed by atoms with E-state index in [0.717, 1.165) is 11.1 Å². The summed E-state index contributed by atoms with van der Waals surface area (Å²) in [6.45, 7) is 3.84. The molecule has 0 bridgehead atoms. The predicted octanol–water partition coefficient (Wildman–Crippen LogP) is 6.31. The van der Waals surface area contributed by atoms with Gasteiger partial charge >= 0.3 is 6.18 Å². The first-order valence-electron chi connectivity index (χ1n) is 7.85. The number of alkyl halides is 3. The van der Waals surface area contributed by atoms with Crippen molar-refractivity contribution in [3.8, 4) is 0 Å². The lowest BCUT2D eigenvalue weighted by molar-refractivity contribution is -0.0866. The summed E-state index contributed by atoms with van der Waals surface area (Å²) in [5, 5.41) is 0. The van der Waals surface area contributed by atoms with Gasteiger partial charge in [0.25, 0.3) is 0 Å². The number of benzene rings is 2. The molecule has 0 aliphatic heterocycles. The van der Waals surface area contributed by atoms with Gasteiger partial charge in [0.05, 0.1) is 5.57 Å². The van der Waals surface area contributed by atoms with E-state index in [2.05, 4.69) is 0 Å². The van der Waals surface area contributed by atoms with Crippen LogP contribution in [0, 0.1) is 20.3 Å². The summed E-state index contributed by atoms with van der Waals surface area (Å²) in [5.74, 6) is 0. The standard InChI is InChI=1S/C21H18F3/c1-14-6-10-16(11-7-14)18-4-3-5-19(20(18)21(22,23)24)17-12-8-15(2)9-13-17/h4-13H,3H2,1-2H3. The Kier molecular flexibility index (Phi) is 4.35. The minimum Gasteiger partial charge on any atom is -0.166 e. The zero-order valence-corrected chi connectivity index (χ0v) is 13.6. The average molecular weight is 327 g/mol. The van der Waals surface area contributed by atoms with E-state index < -0.39 is 11.7 Å². The molecule has 3 rings (SSSR count). The summed E-state index contributed by atoms with van der Waals surface area (Å²) in [6.07, 6.45) is -0.601. The van der Waals surface area contributed by atoms with Crippen LogP contribution in [0.1, 0.15) is 28.7 Å². The number of hydrogen-bond donors (Lipinski definition) is 0. The van der Waals surface area contributed by atoms with E-state index in [4.69, 9.17) is 0 Å². The van der Waals surface area contributed by atoms with E-state index >= 15 is 0 Å². The fraction of sp³-hybridized carbons (Fsp3) is 0.190.